The van der Waals surface area contributed by atoms with Gasteiger partial charge in [0.2, 0.25) is 0 Å². The molecule has 1 amide bonds. The molecular formula is C19H23NO. The SMILES string of the molecule is Cc1cc(C)cc(NC(=O)c2ccc(C(C)(C)C)cc2)c1. The lowest BCUT2D eigenvalue weighted by Gasteiger charge is -2.19. The maximum Gasteiger partial charge on any atom is 0.255 e. The van der Waals surface area contributed by atoms with Crippen LogP contribution in [0.3, 0.4) is 0 Å². The van der Waals surface area contributed by atoms with Crippen molar-refractivity contribution in [3.63, 3.8) is 0 Å². The molecule has 0 bridgehead atoms. The minimum absolute atomic E-state index is 0.0690. The lowest BCUT2D eigenvalue weighted by molar-refractivity contribution is 0.102. The van der Waals surface area contributed by atoms with Gasteiger partial charge in [0, 0.05) is 11.3 Å². The van der Waals surface area contributed by atoms with Gasteiger partial charge in [-0.15, -0.1) is 0 Å². The number of anilines is 1. The van der Waals surface area contributed by atoms with E-state index in [2.05, 4.69) is 32.2 Å². The third kappa shape index (κ3) is 3.94. The number of hydrogen-bond donors (Lipinski definition) is 1. The molecule has 2 nitrogen and oxygen atoms in total. The van der Waals surface area contributed by atoms with Gasteiger partial charge in [0.25, 0.3) is 5.91 Å². The molecule has 1 N–H and O–H groups in total. The van der Waals surface area contributed by atoms with Gasteiger partial charge < -0.3 is 5.32 Å². The number of aryl methyl sites for hydroxylation is 2. The number of nitrogens with one attached hydrogen (secondary N) is 1. The first kappa shape index (κ1) is 15.3. The monoisotopic (exact) mass is 281 g/mol. The Morgan fingerprint density at radius 2 is 1.43 bits per heavy atom. The van der Waals surface area contributed by atoms with Gasteiger partial charge in [0.15, 0.2) is 0 Å². The van der Waals surface area contributed by atoms with Gasteiger partial charge in [-0.3, -0.25) is 4.79 Å². The molecule has 0 spiro atoms. The van der Waals surface area contributed by atoms with E-state index in [9.17, 15) is 4.79 Å². The van der Waals surface area contributed by atoms with E-state index in [1.807, 2.05) is 50.2 Å². The minimum Gasteiger partial charge on any atom is -0.322 e. The highest BCUT2D eigenvalue weighted by Gasteiger charge is 2.14. The lowest BCUT2D eigenvalue weighted by Crippen LogP contribution is -2.14. The maximum atomic E-state index is 12.3. The fraction of sp³-hybridized carbons (Fsp3) is 0.316. The van der Waals surface area contributed by atoms with Crippen LogP contribution in [0.15, 0.2) is 42.5 Å². The molecule has 0 aliphatic rings. The number of rotatable bonds is 2. The number of carbonyl (C=O) groups excluding carboxylic acids is 1. The zero-order valence-electron chi connectivity index (χ0n) is 13.4. The summed E-state index contributed by atoms with van der Waals surface area (Å²) in [5, 5.41) is 2.96. The Labute approximate surface area is 127 Å². The fourth-order valence-electron chi connectivity index (χ4n) is 2.37. The maximum absolute atomic E-state index is 12.3. The van der Waals surface area contributed by atoms with E-state index in [0.29, 0.717) is 5.56 Å². The molecule has 0 radical (unpaired) electrons. The van der Waals surface area contributed by atoms with E-state index in [0.717, 1.165) is 16.8 Å². The molecule has 0 fully saturated rings. The van der Waals surface area contributed by atoms with Gasteiger partial charge in [-0.25, -0.2) is 0 Å². The predicted octanol–water partition coefficient (Wildman–Crippen LogP) is 4.85. The van der Waals surface area contributed by atoms with Crippen LogP contribution in [0.1, 0.15) is 47.8 Å². The fourth-order valence-corrected chi connectivity index (χ4v) is 2.37. The van der Waals surface area contributed by atoms with Crippen LogP contribution < -0.4 is 5.32 Å². The van der Waals surface area contributed by atoms with Gasteiger partial charge in [0.05, 0.1) is 0 Å². The Morgan fingerprint density at radius 3 is 1.90 bits per heavy atom. The quantitative estimate of drug-likeness (QED) is 0.837. The summed E-state index contributed by atoms with van der Waals surface area (Å²) in [5.41, 5.74) is 5.15. The van der Waals surface area contributed by atoms with Crippen molar-refractivity contribution < 1.29 is 4.79 Å². The lowest BCUT2D eigenvalue weighted by atomic mass is 9.87. The van der Waals surface area contributed by atoms with Crippen LogP contribution in [-0.4, -0.2) is 5.91 Å². The summed E-state index contributed by atoms with van der Waals surface area (Å²) in [5.74, 6) is -0.0690. The molecule has 0 heterocycles. The first-order valence-electron chi connectivity index (χ1n) is 7.26. The topological polar surface area (TPSA) is 29.1 Å². The van der Waals surface area contributed by atoms with Crippen LogP contribution in [-0.2, 0) is 5.41 Å². The van der Waals surface area contributed by atoms with E-state index in [4.69, 9.17) is 0 Å². The third-order valence-electron chi connectivity index (χ3n) is 3.49. The summed E-state index contributed by atoms with van der Waals surface area (Å²) in [6.45, 7) is 10.5. The van der Waals surface area contributed by atoms with Gasteiger partial charge in [0.1, 0.15) is 0 Å². The predicted molar refractivity (Wildman–Crippen MR) is 89.0 cm³/mol. The summed E-state index contributed by atoms with van der Waals surface area (Å²) >= 11 is 0. The molecule has 110 valence electrons. The highest BCUT2D eigenvalue weighted by atomic mass is 16.1. The second-order valence-electron chi connectivity index (χ2n) is 6.66. The minimum atomic E-state index is -0.0690. The Kier molecular flexibility index (Phi) is 4.17. The third-order valence-corrected chi connectivity index (χ3v) is 3.49. The zero-order chi connectivity index (χ0) is 15.6. The molecule has 0 unspecified atom stereocenters. The molecule has 0 aromatic heterocycles. The molecule has 0 aliphatic heterocycles. The van der Waals surface area contributed by atoms with Gasteiger partial charge in [-0.2, -0.15) is 0 Å². The summed E-state index contributed by atoms with van der Waals surface area (Å²) in [4.78, 5) is 12.3. The molecule has 2 aromatic rings. The largest absolute Gasteiger partial charge is 0.322 e. The van der Waals surface area contributed by atoms with Gasteiger partial charge >= 0.3 is 0 Å². The first-order valence-corrected chi connectivity index (χ1v) is 7.26. The normalized spacial score (nSPS) is 11.3. The molecule has 2 heteroatoms. The molecule has 2 aromatic carbocycles. The highest BCUT2D eigenvalue weighted by molar-refractivity contribution is 6.04. The van der Waals surface area contributed by atoms with E-state index < -0.39 is 0 Å². The molecule has 21 heavy (non-hydrogen) atoms. The Morgan fingerprint density at radius 1 is 0.905 bits per heavy atom. The Balaban J connectivity index is 2.17. The van der Waals surface area contributed by atoms with Crippen LogP contribution >= 0.6 is 0 Å². The van der Waals surface area contributed by atoms with E-state index in [1.165, 1.54) is 5.56 Å². The van der Waals surface area contributed by atoms with Gasteiger partial charge in [-0.1, -0.05) is 39.0 Å². The number of hydrogen-bond acceptors (Lipinski definition) is 1. The molecule has 0 aliphatic carbocycles. The molecule has 0 atom stereocenters. The second kappa shape index (κ2) is 5.72. The van der Waals surface area contributed by atoms with Crippen LogP contribution in [0.2, 0.25) is 0 Å². The molecular weight excluding hydrogens is 258 g/mol. The average molecular weight is 281 g/mol. The van der Waals surface area contributed by atoms with E-state index >= 15 is 0 Å². The summed E-state index contributed by atoms with van der Waals surface area (Å²) in [6, 6.07) is 13.9. The van der Waals surface area contributed by atoms with Crippen molar-refractivity contribution in [2.45, 2.75) is 40.0 Å². The number of carbonyl (C=O) groups is 1. The highest BCUT2D eigenvalue weighted by Crippen LogP contribution is 2.22. The van der Waals surface area contributed by atoms with Crippen LogP contribution in [0.4, 0.5) is 5.69 Å². The van der Waals surface area contributed by atoms with Crippen molar-refractivity contribution in [2.24, 2.45) is 0 Å². The van der Waals surface area contributed by atoms with Gasteiger partial charge in [-0.05, 0) is 60.2 Å². The van der Waals surface area contributed by atoms with Crippen molar-refractivity contribution in [1.29, 1.82) is 0 Å². The molecule has 0 saturated carbocycles. The average Bonchev–Trinajstić information content (AvgIpc) is 2.36. The smallest absolute Gasteiger partial charge is 0.255 e. The van der Waals surface area contributed by atoms with Crippen molar-refractivity contribution in [3.8, 4) is 0 Å². The summed E-state index contributed by atoms with van der Waals surface area (Å²) in [7, 11) is 0. The number of amides is 1. The van der Waals surface area contributed by atoms with E-state index in [1.54, 1.807) is 0 Å². The first-order chi connectivity index (χ1) is 9.75. The summed E-state index contributed by atoms with van der Waals surface area (Å²) in [6.07, 6.45) is 0. The van der Waals surface area contributed by atoms with E-state index in [-0.39, 0.29) is 11.3 Å². The summed E-state index contributed by atoms with van der Waals surface area (Å²) < 4.78 is 0. The van der Waals surface area contributed by atoms with Crippen LogP contribution in [0, 0.1) is 13.8 Å². The van der Waals surface area contributed by atoms with Crippen LogP contribution in [0.25, 0.3) is 0 Å². The van der Waals surface area contributed by atoms with Crippen molar-refractivity contribution in [3.05, 3.63) is 64.7 Å². The zero-order valence-corrected chi connectivity index (χ0v) is 13.4. The van der Waals surface area contributed by atoms with Crippen LogP contribution in [0.5, 0.6) is 0 Å². The second-order valence-corrected chi connectivity index (χ2v) is 6.66. The molecule has 0 saturated heterocycles. The van der Waals surface area contributed by atoms with Crippen molar-refractivity contribution in [2.75, 3.05) is 5.32 Å². The Bertz CT molecular complexity index is 628. The number of benzene rings is 2. The van der Waals surface area contributed by atoms with Crippen molar-refractivity contribution in [1.82, 2.24) is 0 Å². The van der Waals surface area contributed by atoms with Crippen molar-refractivity contribution >= 4 is 11.6 Å². The Hall–Kier alpha value is -2.09. The molecule has 2 rings (SSSR count). The standard InChI is InChI=1S/C19H23NO/c1-13-10-14(2)12-17(11-13)20-18(21)15-6-8-16(9-7-15)19(3,4)5/h6-12H,1-5H3,(H,20,21).